The first kappa shape index (κ1) is 14.3. The summed E-state index contributed by atoms with van der Waals surface area (Å²) < 4.78 is 40.2. The molecule has 0 spiro atoms. The Morgan fingerprint density at radius 3 is 2.35 bits per heavy atom. The average Bonchev–Trinajstić information content (AvgIpc) is 2.68. The number of hydrogen-bond acceptors (Lipinski definition) is 1. The summed E-state index contributed by atoms with van der Waals surface area (Å²) in [5.74, 6) is 2.21. The van der Waals surface area contributed by atoms with Gasteiger partial charge >= 0.3 is 6.18 Å². The molecule has 0 atom stereocenters. The van der Waals surface area contributed by atoms with E-state index in [0.717, 1.165) is 9.36 Å². The highest BCUT2D eigenvalue weighted by molar-refractivity contribution is 6.30. The van der Waals surface area contributed by atoms with Crippen LogP contribution in [-0.2, 0) is 12.7 Å². The molecule has 3 nitrogen and oxygen atoms in total. The van der Waals surface area contributed by atoms with Gasteiger partial charge in [-0.15, -0.1) is 6.42 Å². The van der Waals surface area contributed by atoms with E-state index in [1.54, 1.807) is 0 Å². The van der Waals surface area contributed by atoms with Crippen LogP contribution in [0.2, 0.25) is 5.02 Å². The zero-order valence-corrected chi connectivity index (χ0v) is 10.7. The Morgan fingerprint density at radius 2 is 1.85 bits per heavy atom. The van der Waals surface area contributed by atoms with Crippen LogP contribution in [0.1, 0.15) is 5.56 Å². The second kappa shape index (κ2) is 5.10. The van der Waals surface area contributed by atoms with Crippen molar-refractivity contribution in [1.29, 1.82) is 0 Å². The van der Waals surface area contributed by atoms with Gasteiger partial charge in [-0.3, -0.25) is 9.48 Å². The smallest absolute Gasteiger partial charge is 0.273 e. The van der Waals surface area contributed by atoms with Crippen LogP contribution in [0.25, 0.3) is 5.69 Å². The molecule has 0 N–H and O–H groups in total. The van der Waals surface area contributed by atoms with E-state index in [-0.39, 0.29) is 12.2 Å². The molecule has 0 radical (unpaired) electrons. The van der Waals surface area contributed by atoms with Gasteiger partial charge in [0.05, 0.1) is 12.2 Å². The van der Waals surface area contributed by atoms with Gasteiger partial charge in [0, 0.05) is 11.2 Å². The predicted octanol–water partition coefficient (Wildman–Crippen LogP) is 2.94. The fraction of sp³-hybridized carbons (Fsp3) is 0.154. The average molecular weight is 301 g/mol. The number of halogens is 4. The van der Waals surface area contributed by atoms with E-state index < -0.39 is 17.3 Å². The summed E-state index contributed by atoms with van der Waals surface area (Å²) in [4.78, 5) is 11.9. The van der Waals surface area contributed by atoms with Gasteiger partial charge in [0.25, 0.3) is 5.56 Å². The molecular formula is C13H8ClF3N2O. The Balaban J connectivity index is 2.68. The van der Waals surface area contributed by atoms with Gasteiger partial charge in [-0.2, -0.15) is 13.2 Å². The Kier molecular flexibility index (Phi) is 3.64. The van der Waals surface area contributed by atoms with E-state index in [1.807, 2.05) is 0 Å². The standard InChI is InChI=1S/C13H8ClF3N2O/c1-2-7-18-8-11(13(15,16)17)12(20)19(18)10-5-3-9(14)4-6-10/h1,3-6,8H,7H2. The molecule has 0 aliphatic rings. The molecule has 0 amide bonds. The van der Waals surface area contributed by atoms with Gasteiger partial charge in [-0.05, 0) is 24.3 Å². The number of nitrogens with zero attached hydrogens (tertiary/aromatic N) is 2. The van der Waals surface area contributed by atoms with Gasteiger partial charge in [0.15, 0.2) is 0 Å². The quantitative estimate of drug-likeness (QED) is 0.783. The van der Waals surface area contributed by atoms with Gasteiger partial charge in [0.1, 0.15) is 5.56 Å². The van der Waals surface area contributed by atoms with Crippen molar-refractivity contribution >= 4 is 11.6 Å². The minimum atomic E-state index is -4.73. The van der Waals surface area contributed by atoms with Crippen molar-refractivity contribution in [2.24, 2.45) is 0 Å². The van der Waals surface area contributed by atoms with Crippen molar-refractivity contribution in [3.63, 3.8) is 0 Å². The molecule has 0 fully saturated rings. The number of rotatable bonds is 2. The van der Waals surface area contributed by atoms with E-state index in [4.69, 9.17) is 18.0 Å². The second-order valence-electron chi connectivity index (χ2n) is 3.94. The first-order chi connectivity index (χ1) is 9.34. The van der Waals surface area contributed by atoms with Crippen molar-refractivity contribution in [2.45, 2.75) is 12.7 Å². The van der Waals surface area contributed by atoms with Gasteiger partial charge in [-0.1, -0.05) is 17.5 Å². The summed E-state index contributed by atoms with van der Waals surface area (Å²) >= 11 is 5.71. The van der Waals surface area contributed by atoms with Crippen molar-refractivity contribution in [3.05, 3.63) is 51.4 Å². The fourth-order valence-corrected chi connectivity index (χ4v) is 1.87. The molecule has 2 rings (SSSR count). The summed E-state index contributed by atoms with van der Waals surface area (Å²) in [6.45, 7) is -0.159. The Labute approximate surface area is 117 Å². The first-order valence-corrected chi connectivity index (χ1v) is 5.81. The van der Waals surface area contributed by atoms with Crippen LogP contribution < -0.4 is 5.56 Å². The lowest BCUT2D eigenvalue weighted by atomic mass is 10.3. The number of terminal acetylenes is 1. The van der Waals surface area contributed by atoms with Crippen molar-refractivity contribution in [2.75, 3.05) is 0 Å². The maximum Gasteiger partial charge on any atom is 0.423 e. The van der Waals surface area contributed by atoms with Crippen LogP contribution in [0.4, 0.5) is 13.2 Å². The van der Waals surface area contributed by atoms with Crippen molar-refractivity contribution < 1.29 is 13.2 Å². The fourth-order valence-electron chi connectivity index (χ4n) is 1.74. The molecule has 20 heavy (non-hydrogen) atoms. The lowest BCUT2D eigenvalue weighted by Gasteiger charge is -2.08. The molecular weight excluding hydrogens is 293 g/mol. The minimum absolute atomic E-state index is 0.159. The zero-order chi connectivity index (χ0) is 14.9. The Bertz CT molecular complexity index is 720. The summed E-state index contributed by atoms with van der Waals surface area (Å²) in [6.07, 6.45) is 1.09. The third-order valence-corrected chi connectivity index (χ3v) is 2.84. The molecule has 0 saturated carbocycles. The van der Waals surface area contributed by atoms with Crippen LogP contribution >= 0.6 is 11.6 Å². The summed E-state index contributed by atoms with van der Waals surface area (Å²) in [5, 5.41) is 0.410. The van der Waals surface area contributed by atoms with E-state index in [1.165, 1.54) is 24.3 Å². The highest BCUT2D eigenvalue weighted by Gasteiger charge is 2.36. The maximum absolute atomic E-state index is 12.8. The molecule has 0 bridgehead atoms. The zero-order valence-electron chi connectivity index (χ0n) is 9.99. The molecule has 7 heteroatoms. The normalized spacial score (nSPS) is 11.3. The molecule has 2 aromatic rings. The predicted molar refractivity (Wildman–Crippen MR) is 68.9 cm³/mol. The molecule has 0 unspecified atom stereocenters. The van der Waals surface area contributed by atoms with Gasteiger partial charge in [-0.25, -0.2) is 4.68 Å². The first-order valence-electron chi connectivity index (χ1n) is 5.43. The number of benzene rings is 1. The van der Waals surface area contributed by atoms with Crippen molar-refractivity contribution in [3.8, 4) is 18.0 Å². The molecule has 0 aliphatic carbocycles. The summed E-state index contributed by atoms with van der Waals surface area (Å²) in [7, 11) is 0. The number of alkyl halides is 3. The van der Waals surface area contributed by atoms with E-state index in [9.17, 15) is 18.0 Å². The van der Waals surface area contributed by atoms with Crippen LogP contribution in [0.5, 0.6) is 0 Å². The van der Waals surface area contributed by atoms with Gasteiger partial charge in [0.2, 0.25) is 0 Å². The molecule has 1 aromatic carbocycles. The van der Waals surface area contributed by atoms with E-state index >= 15 is 0 Å². The molecule has 104 valence electrons. The lowest BCUT2D eigenvalue weighted by Crippen LogP contribution is -2.25. The topological polar surface area (TPSA) is 26.9 Å². The van der Waals surface area contributed by atoms with E-state index in [0.29, 0.717) is 11.2 Å². The third kappa shape index (κ3) is 2.58. The lowest BCUT2D eigenvalue weighted by molar-refractivity contribution is -0.138. The number of aromatic nitrogens is 2. The molecule has 1 heterocycles. The summed E-state index contributed by atoms with van der Waals surface area (Å²) in [6, 6.07) is 5.83. The molecule has 0 saturated heterocycles. The minimum Gasteiger partial charge on any atom is -0.273 e. The van der Waals surface area contributed by atoms with Crippen LogP contribution in [-0.4, -0.2) is 9.36 Å². The van der Waals surface area contributed by atoms with Crippen LogP contribution in [0.15, 0.2) is 35.3 Å². The van der Waals surface area contributed by atoms with Crippen LogP contribution in [0, 0.1) is 12.3 Å². The van der Waals surface area contributed by atoms with Gasteiger partial charge < -0.3 is 0 Å². The van der Waals surface area contributed by atoms with Crippen LogP contribution in [0.3, 0.4) is 0 Å². The van der Waals surface area contributed by atoms with Crippen molar-refractivity contribution in [1.82, 2.24) is 9.36 Å². The largest absolute Gasteiger partial charge is 0.423 e. The third-order valence-electron chi connectivity index (χ3n) is 2.59. The second-order valence-corrected chi connectivity index (χ2v) is 4.37. The molecule has 0 aliphatic heterocycles. The Morgan fingerprint density at radius 1 is 1.25 bits per heavy atom. The van der Waals surface area contributed by atoms with E-state index in [2.05, 4.69) is 5.92 Å². The highest BCUT2D eigenvalue weighted by Crippen LogP contribution is 2.27. The molecule has 1 aromatic heterocycles. The number of hydrogen-bond donors (Lipinski definition) is 0. The maximum atomic E-state index is 12.8. The monoisotopic (exact) mass is 300 g/mol. The Hall–Kier alpha value is -2.13. The SMILES string of the molecule is C#CCn1cc(C(F)(F)F)c(=O)n1-c1ccc(Cl)cc1. The summed E-state index contributed by atoms with van der Waals surface area (Å²) in [5.41, 5.74) is -2.18. The highest BCUT2D eigenvalue weighted by atomic mass is 35.5.